The molecule has 2 heterocycles. The zero-order valence-corrected chi connectivity index (χ0v) is 12.9. The van der Waals surface area contributed by atoms with Crippen LogP contribution in [0.2, 0.25) is 0 Å². The van der Waals surface area contributed by atoms with Crippen molar-refractivity contribution in [3.8, 4) is 11.1 Å². The minimum absolute atomic E-state index is 0.168. The van der Waals surface area contributed by atoms with Gasteiger partial charge in [-0.05, 0) is 35.4 Å². The van der Waals surface area contributed by atoms with Crippen LogP contribution in [0.1, 0.15) is 15.7 Å². The van der Waals surface area contributed by atoms with Gasteiger partial charge in [0, 0.05) is 0 Å². The van der Waals surface area contributed by atoms with Crippen molar-refractivity contribution >= 4 is 33.4 Å². The lowest BCUT2D eigenvalue weighted by Gasteiger charge is -2.01. The Bertz CT molecular complexity index is 1060. The zero-order chi connectivity index (χ0) is 16.7. The van der Waals surface area contributed by atoms with Crippen molar-refractivity contribution in [3.05, 3.63) is 59.2 Å². The summed E-state index contributed by atoms with van der Waals surface area (Å²) < 4.78 is 18.8. The summed E-state index contributed by atoms with van der Waals surface area (Å²) in [7, 11) is 0. The number of carbonyl (C=O) groups excluding carboxylic acids is 1. The fraction of sp³-hybridized carbons (Fsp3) is 0. The van der Waals surface area contributed by atoms with Gasteiger partial charge >= 0.3 is 6.01 Å². The van der Waals surface area contributed by atoms with Gasteiger partial charge in [-0.2, -0.15) is 0 Å². The summed E-state index contributed by atoms with van der Waals surface area (Å²) in [6.07, 6.45) is 0. The Kier molecular flexibility index (Phi) is 3.31. The van der Waals surface area contributed by atoms with Crippen molar-refractivity contribution in [3.63, 3.8) is 0 Å². The largest absolute Gasteiger partial charge is 0.400 e. The number of rotatable bonds is 3. The highest BCUT2D eigenvalue weighted by Gasteiger charge is 2.20. The van der Waals surface area contributed by atoms with Crippen LogP contribution in [-0.2, 0) is 0 Å². The van der Waals surface area contributed by atoms with E-state index in [1.807, 2.05) is 18.2 Å². The molecular formula is C16H9FN4O2S. The highest BCUT2D eigenvalue weighted by atomic mass is 32.1. The Morgan fingerprint density at radius 1 is 1.08 bits per heavy atom. The third kappa shape index (κ3) is 2.52. The van der Waals surface area contributed by atoms with E-state index in [1.54, 1.807) is 12.1 Å². The highest BCUT2D eigenvalue weighted by Crippen LogP contribution is 2.29. The summed E-state index contributed by atoms with van der Waals surface area (Å²) in [4.78, 5) is 16.6. The molecule has 4 aromatic rings. The maximum absolute atomic E-state index is 13.0. The summed E-state index contributed by atoms with van der Waals surface area (Å²) in [5.41, 5.74) is 7.80. The zero-order valence-electron chi connectivity index (χ0n) is 12.1. The molecule has 118 valence electrons. The molecule has 0 fully saturated rings. The molecule has 2 aromatic heterocycles. The molecule has 0 aliphatic rings. The monoisotopic (exact) mass is 340 g/mol. The van der Waals surface area contributed by atoms with Crippen molar-refractivity contribution in [2.24, 2.45) is 0 Å². The number of fused-ring (bicyclic) bond motifs is 1. The van der Waals surface area contributed by atoms with Crippen LogP contribution < -0.4 is 5.73 Å². The number of nitrogens with two attached hydrogens (primary N) is 1. The van der Waals surface area contributed by atoms with Crippen molar-refractivity contribution in [1.82, 2.24) is 15.2 Å². The van der Waals surface area contributed by atoms with Crippen LogP contribution in [0.25, 0.3) is 21.3 Å². The second-order valence-corrected chi connectivity index (χ2v) is 6.01. The lowest BCUT2D eigenvalue weighted by molar-refractivity contribution is 0.100. The Morgan fingerprint density at radius 2 is 1.83 bits per heavy atom. The van der Waals surface area contributed by atoms with E-state index in [9.17, 15) is 9.18 Å². The number of halogens is 1. The van der Waals surface area contributed by atoms with Crippen LogP contribution in [0.15, 0.2) is 46.9 Å². The Morgan fingerprint density at radius 3 is 2.54 bits per heavy atom. The summed E-state index contributed by atoms with van der Waals surface area (Å²) >= 11 is 1.22. The number of nitrogen functional groups attached to an aromatic ring is 1. The molecule has 0 aliphatic carbocycles. The van der Waals surface area contributed by atoms with Gasteiger partial charge in [-0.15, -0.1) is 16.4 Å². The van der Waals surface area contributed by atoms with Gasteiger partial charge in [0.05, 0.1) is 10.2 Å². The third-order valence-corrected chi connectivity index (χ3v) is 4.41. The van der Waals surface area contributed by atoms with Crippen LogP contribution in [-0.4, -0.2) is 21.0 Å². The molecule has 2 aromatic carbocycles. The topological polar surface area (TPSA) is 94.9 Å². The normalized spacial score (nSPS) is 11.0. The van der Waals surface area contributed by atoms with Gasteiger partial charge in [0.15, 0.2) is 5.01 Å². The van der Waals surface area contributed by atoms with Crippen LogP contribution in [0.5, 0.6) is 0 Å². The number of aromatic nitrogens is 3. The van der Waals surface area contributed by atoms with E-state index in [-0.39, 0.29) is 22.7 Å². The predicted molar refractivity (Wildman–Crippen MR) is 87.2 cm³/mol. The molecule has 0 bridgehead atoms. The van der Waals surface area contributed by atoms with E-state index in [0.29, 0.717) is 5.52 Å². The standard InChI is InChI=1S/C16H9FN4O2S/c17-10-4-1-8(2-5-10)9-3-6-11-12(7-9)24-15(19-11)13(22)14-20-21-16(18)23-14/h1-7H,(H2,18,21). The molecule has 24 heavy (non-hydrogen) atoms. The first-order valence-electron chi connectivity index (χ1n) is 6.90. The van der Waals surface area contributed by atoms with E-state index < -0.39 is 5.78 Å². The molecular weight excluding hydrogens is 331 g/mol. The van der Waals surface area contributed by atoms with Crippen molar-refractivity contribution in [1.29, 1.82) is 0 Å². The number of hydrogen-bond acceptors (Lipinski definition) is 7. The van der Waals surface area contributed by atoms with Gasteiger partial charge in [-0.3, -0.25) is 4.79 Å². The molecule has 2 N–H and O–H groups in total. The highest BCUT2D eigenvalue weighted by molar-refractivity contribution is 7.20. The molecule has 6 nitrogen and oxygen atoms in total. The molecule has 0 atom stereocenters. The van der Waals surface area contributed by atoms with Gasteiger partial charge in [0.2, 0.25) is 0 Å². The average molecular weight is 340 g/mol. The Hall–Kier alpha value is -3.13. The molecule has 0 spiro atoms. The van der Waals surface area contributed by atoms with Crippen LogP contribution in [0, 0.1) is 5.82 Å². The SMILES string of the molecule is Nc1nnc(C(=O)c2nc3ccc(-c4ccc(F)cc4)cc3s2)o1. The molecule has 0 aliphatic heterocycles. The quantitative estimate of drug-likeness (QED) is 0.575. The number of nitrogens with zero attached hydrogens (tertiary/aromatic N) is 3. The van der Waals surface area contributed by atoms with Gasteiger partial charge < -0.3 is 10.2 Å². The third-order valence-electron chi connectivity index (χ3n) is 3.40. The van der Waals surface area contributed by atoms with Gasteiger partial charge in [-0.25, -0.2) is 9.37 Å². The van der Waals surface area contributed by atoms with Gasteiger partial charge in [0.1, 0.15) is 5.82 Å². The van der Waals surface area contributed by atoms with Crippen LogP contribution >= 0.6 is 11.3 Å². The van der Waals surface area contributed by atoms with Gasteiger partial charge in [0.25, 0.3) is 11.7 Å². The number of ketones is 1. The fourth-order valence-electron chi connectivity index (χ4n) is 2.26. The minimum atomic E-state index is -0.469. The van der Waals surface area contributed by atoms with E-state index >= 15 is 0 Å². The second kappa shape index (κ2) is 5.50. The maximum Gasteiger partial charge on any atom is 0.313 e. The molecule has 0 saturated carbocycles. The van der Waals surface area contributed by atoms with Crippen molar-refractivity contribution in [2.75, 3.05) is 5.73 Å². The van der Waals surface area contributed by atoms with E-state index in [2.05, 4.69) is 15.2 Å². The number of benzene rings is 2. The number of thiazole rings is 1. The molecule has 0 amide bonds. The number of hydrogen-bond donors (Lipinski definition) is 1. The summed E-state index contributed by atoms with van der Waals surface area (Å²) in [5.74, 6) is -0.946. The lowest BCUT2D eigenvalue weighted by atomic mass is 10.1. The van der Waals surface area contributed by atoms with Crippen LogP contribution in [0.4, 0.5) is 10.4 Å². The maximum atomic E-state index is 13.0. The first kappa shape index (κ1) is 14.5. The molecule has 0 radical (unpaired) electrons. The summed E-state index contributed by atoms with van der Waals surface area (Å²) in [6, 6.07) is 11.6. The van der Waals surface area contributed by atoms with Gasteiger partial charge in [-0.1, -0.05) is 23.3 Å². The molecule has 8 heteroatoms. The van der Waals surface area contributed by atoms with Crippen LogP contribution in [0.3, 0.4) is 0 Å². The summed E-state index contributed by atoms with van der Waals surface area (Å²) in [5, 5.41) is 7.28. The fourth-order valence-corrected chi connectivity index (χ4v) is 3.20. The first-order valence-corrected chi connectivity index (χ1v) is 7.72. The molecule has 0 unspecified atom stereocenters. The Labute approximate surface area is 138 Å². The minimum Gasteiger partial charge on any atom is -0.400 e. The van der Waals surface area contributed by atoms with Crippen molar-refractivity contribution < 1.29 is 13.6 Å². The van der Waals surface area contributed by atoms with E-state index in [0.717, 1.165) is 15.8 Å². The molecule has 4 rings (SSSR count). The Balaban J connectivity index is 1.73. The average Bonchev–Trinajstić information content (AvgIpc) is 3.20. The molecule has 0 saturated heterocycles. The second-order valence-electron chi connectivity index (χ2n) is 4.98. The summed E-state index contributed by atoms with van der Waals surface area (Å²) in [6.45, 7) is 0. The van der Waals surface area contributed by atoms with Crippen molar-refractivity contribution in [2.45, 2.75) is 0 Å². The smallest absolute Gasteiger partial charge is 0.313 e. The lowest BCUT2D eigenvalue weighted by Crippen LogP contribution is -2.00. The predicted octanol–water partition coefficient (Wildman–Crippen LogP) is 3.30. The number of carbonyl (C=O) groups is 1. The van der Waals surface area contributed by atoms with E-state index in [1.165, 1.54) is 23.5 Å². The number of anilines is 1. The first-order chi connectivity index (χ1) is 11.6. The van der Waals surface area contributed by atoms with E-state index in [4.69, 9.17) is 10.2 Å².